The second-order valence-corrected chi connectivity index (χ2v) is 4.92. The first-order chi connectivity index (χ1) is 11.5. The molecule has 24 heavy (non-hydrogen) atoms. The number of nitro benzene ring substituents is 1. The van der Waals surface area contributed by atoms with Gasteiger partial charge < -0.3 is 0 Å². The van der Waals surface area contributed by atoms with Crippen LogP contribution in [0.1, 0.15) is 22.8 Å². The molecule has 0 spiro atoms. The number of nitrogens with one attached hydrogen (secondary N) is 2. The van der Waals surface area contributed by atoms with Crippen molar-refractivity contribution in [3.05, 3.63) is 81.9 Å². The molecule has 2 N–H and O–H groups in total. The van der Waals surface area contributed by atoms with Crippen molar-refractivity contribution in [3.63, 3.8) is 0 Å². The standard InChI is InChI=1S/C17H15N3O4/c1-12(21)10-16(13-6-3-2-4-7-13)18-19-17(22)14-8-5-9-15(11-14)20(23)24/h2-11,18H,1H3,(H,19,22). The first kappa shape index (κ1) is 16.9. The molecular formula is C17H15N3O4. The van der Waals surface area contributed by atoms with Crippen LogP contribution in [0.25, 0.3) is 5.70 Å². The molecule has 0 aromatic heterocycles. The maximum Gasteiger partial charge on any atom is 0.270 e. The maximum absolute atomic E-state index is 12.1. The van der Waals surface area contributed by atoms with Gasteiger partial charge in [-0.15, -0.1) is 0 Å². The van der Waals surface area contributed by atoms with Crippen molar-refractivity contribution in [3.8, 4) is 0 Å². The summed E-state index contributed by atoms with van der Waals surface area (Å²) in [6.45, 7) is 1.40. The predicted molar refractivity (Wildman–Crippen MR) is 88.8 cm³/mol. The Hall–Kier alpha value is -3.48. The van der Waals surface area contributed by atoms with Gasteiger partial charge in [0.05, 0.1) is 10.6 Å². The highest BCUT2D eigenvalue weighted by Gasteiger charge is 2.12. The third kappa shape index (κ3) is 4.51. The molecule has 0 saturated heterocycles. The van der Waals surface area contributed by atoms with Crippen molar-refractivity contribution < 1.29 is 14.5 Å². The zero-order valence-electron chi connectivity index (χ0n) is 12.9. The Labute approximate surface area is 138 Å². The molecule has 7 nitrogen and oxygen atoms in total. The normalized spacial score (nSPS) is 10.8. The van der Waals surface area contributed by atoms with Crippen molar-refractivity contribution in [2.75, 3.05) is 0 Å². The number of hydrazine groups is 1. The molecule has 0 aliphatic heterocycles. The van der Waals surface area contributed by atoms with Gasteiger partial charge in [0.2, 0.25) is 0 Å². The molecule has 0 aliphatic rings. The molecule has 2 aromatic carbocycles. The van der Waals surface area contributed by atoms with E-state index in [4.69, 9.17) is 0 Å². The van der Waals surface area contributed by atoms with Crippen LogP contribution in [-0.2, 0) is 4.79 Å². The van der Waals surface area contributed by atoms with Crippen molar-refractivity contribution in [2.45, 2.75) is 6.92 Å². The molecule has 2 aromatic rings. The number of benzene rings is 2. The summed E-state index contributed by atoms with van der Waals surface area (Å²) in [5.41, 5.74) is 6.21. The Bertz CT molecular complexity index is 800. The number of ketones is 1. The summed E-state index contributed by atoms with van der Waals surface area (Å²) in [4.78, 5) is 33.7. The highest BCUT2D eigenvalue weighted by molar-refractivity contribution is 5.97. The number of nitro groups is 1. The minimum Gasteiger partial charge on any atom is -0.298 e. The molecule has 7 heteroatoms. The molecular weight excluding hydrogens is 310 g/mol. The maximum atomic E-state index is 12.1. The van der Waals surface area contributed by atoms with Crippen LogP contribution in [0, 0.1) is 10.1 Å². The Morgan fingerprint density at radius 2 is 1.67 bits per heavy atom. The molecule has 0 bridgehead atoms. The number of hydrogen-bond donors (Lipinski definition) is 2. The van der Waals surface area contributed by atoms with Gasteiger partial charge in [-0.3, -0.25) is 30.6 Å². The fourth-order valence-electron chi connectivity index (χ4n) is 1.97. The smallest absolute Gasteiger partial charge is 0.270 e. The summed E-state index contributed by atoms with van der Waals surface area (Å²) in [5, 5.41) is 10.8. The van der Waals surface area contributed by atoms with Gasteiger partial charge in [-0.2, -0.15) is 0 Å². The molecule has 122 valence electrons. The number of nitrogens with zero attached hydrogens (tertiary/aromatic N) is 1. The summed E-state index contributed by atoms with van der Waals surface area (Å²) < 4.78 is 0. The van der Waals surface area contributed by atoms with Crippen LogP contribution < -0.4 is 10.9 Å². The Balaban J connectivity index is 2.15. The lowest BCUT2D eigenvalue weighted by molar-refractivity contribution is -0.384. The van der Waals surface area contributed by atoms with E-state index in [0.29, 0.717) is 11.3 Å². The molecule has 0 unspecified atom stereocenters. The lowest BCUT2D eigenvalue weighted by atomic mass is 10.1. The number of non-ortho nitro benzene ring substituents is 1. The number of rotatable bonds is 6. The van der Waals surface area contributed by atoms with Crippen LogP contribution in [0.2, 0.25) is 0 Å². The van der Waals surface area contributed by atoms with Gasteiger partial charge in [0, 0.05) is 23.8 Å². The fourth-order valence-corrected chi connectivity index (χ4v) is 1.97. The first-order valence-electron chi connectivity index (χ1n) is 7.06. The highest BCUT2D eigenvalue weighted by Crippen LogP contribution is 2.13. The van der Waals surface area contributed by atoms with E-state index < -0.39 is 10.8 Å². The first-order valence-corrected chi connectivity index (χ1v) is 7.06. The van der Waals surface area contributed by atoms with Gasteiger partial charge in [-0.05, 0) is 18.6 Å². The number of allylic oxidation sites excluding steroid dienone is 1. The lowest BCUT2D eigenvalue weighted by Gasteiger charge is -2.12. The summed E-state index contributed by atoms with van der Waals surface area (Å²) in [7, 11) is 0. The summed E-state index contributed by atoms with van der Waals surface area (Å²) in [5.74, 6) is -0.741. The van der Waals surface area contributed by atoms with Gasteiger partial charge in [0.1, 0.15) is 0 Å². The minimum absolute atomic E-state index is 0.131. The van der Waals surface area contributed by atoms with Gasteiger partial charge in [-0.25, -0.2) is 0 Å². The SMILES string of the molecule is CC(=O)C=C(NNC(=O)c1cccc([N+](=O)[O-])c1)c1ccccc1. The largest absolute Gasteiger partial charge is 0.298 e. The summed E-state index contributed by atoms with van der Waals surface area (Å²) in [6, 6.07) is 14.3. The van der Waals surface area contributed by atoms with E-state index in [9.17, 15) is 19.7 Å². The van der Waals surface area contributed by atoms with Gasteiger partial charge >= 0.3 is 0 Å². The average molecular weight is 325 g/mol. The van der Waals surface area contributed by atoms with E-state index in [2.05, 4.69) is 10.9 Å². The molecule has 0 fully saturated rings. The van der Waals surface area contributed by atoms with Crippen molar-refractivity contribution in [1.29, 1.82) is 0 Å². The van der Waals surface area contributed by atoms with Crippen LogP contribution in [0.3, 0.4) is 0 Å². The van der Waals surface area contributed by atoms with Crippen LogP contribution in [0.15, 0.2) is 60.7 Å². The molecule has 2 rings (SSSR count). The van der Waals surface area contributed by atoms with Crippen LogP contribution in [-0.4, -0.2) is 16.6 Å². The van der Waals surface area contributed by atoms with Crippen molar-refractivity contribution in [1.82, 2.24) is 10.9 Å². The Kier molecular flexibility index (Phi) is 5.40. The number of carbonyl (C=O) groups excluding carboxylic acids is 2. The molecule has 1 amide bonds. The second kappa shape index (κ2) is 7.68. The predicted octanol–water partition coefficient (Wildman–Crippen LogP) is 2.46. The average Bonchev–Trinajstić information content (AvgIpc) is 2.58. The minimum atomic E-state index is -0.574. The molecule has 0 aliphatic carbocycles. The van der Waals surface area contributed by atoms with E-state index in [1.54, 1.807) is 24.3 Å². The monoisotopic (exact) mass is 325 g/mol. The molecule has 0 atom stereocenters. The van der Waals surface area contributed by atoms with Gasteiger partial charge in [0.25, 0.3) is 11.6 Å². The number of carbonyl (C=O) groups is 2. The van der Waals surface area contributed by atoms with E-state index in [1.807, 2.05) is 6.07 Å². The molecule has 0 heterocycles. The summed E-state index contributed by atoms with van der Waals surface area (Å²) in [6.07, 6.45) is 1.35. The van der Waals surface area contributed by atoms with E-state index >= 15 is 0 Å². The molecule has 0 radical (unpaired) electrons. The summed E-state index contributed by atoms with van der Waals surface area (Å²) >= 11 is 0. The third-order valence-electron chi connectivity index (χ3n) is 3.06. The Morgan fingerprint density at radius 1 is 1.00 bits per heavy atom. The van der Waals surface area contributed by atoms with Crippen LogP contribution in [0.4, 0.5) is 5.69 Å². The van der Waals surface area contributed by atoms with Crippen LogP contribution >= 0.6 is 0 Å². The zero-order chi connectivity index (χ0) is 17.5. The number of hydrogen-bond acceptors (Lipinski definition) is 5. The van der Waals surface area contributed by atoms with E-state index in [0.717, 1.165) is 0 Å². The third-order valence-corrected chi connectivity index (χ3v) is 3.06. The number of amides is 1. The van der Waals surface area contributed by atoms with E-state index in [1.165, 1.54) is 37.3 Å². The van der Waals surface area contributed by atoms with Gasteiger partial charge in [0.15, 0.2) is 5.78 Å². The second-order valence-electron chi connectivity index (χ2n) is 4.92. The fraction of sp³-hybridized carbons (Fsp3) is 0.0588. The highest BCUT2D eigenvalue weighted by atomic mass is 16.6. The topological polar surface area (TPSA) is 101 Å². The van der Waals surface area contributed by atoms with Crippen molar-refractivity contribution in [2.24, 2.45) is 0 Å². The van der Waals surface area contributed by atoms with Crippen LogP contribution in [0.5, 0.6) is 0 Å². The van der Waals surface area contributed by atoms with E-state index in [-0.39, 0.29) is 17.0 Å². The lowest BCUT2D eigenvalue weighted by Crippen LogP contribution is -2.36. The van der Waals surface area contributed by atoms with Gasteiger partial charge in [-0.1, -0.05) is 36.4 Å². The zero-order valence-corrected chi connectivity index (χ0v) is 12.9. The van der Waals surface area contributed by atoms with Crippen molar-refractivity contribution >= 4 is 23.1 Å². The Morgan fingerprint density at radius 3 is 2.29 bits per heavy atom. The quantitative estimate of drug-likeness (QED) is 0.482. The molecule has 0 saturated carbocycles.